The third-order valence-electron chi connectivity index (χ3n) is 5.91. The lowest BCUT2D eigenvalue weighted by atomic mass is 9.95. The number of anilines is 1. The standard InChI is InChI=1S/C25H26N2O3S/c1-17-8-12-23(13-9-17)31(29,30)27-16-21-7-5-4-6-20(21)15-24(27)25(28)26-22-11-10-18(2)19(3)14-22/h4-14,24H,15-16H2,1-3H3,(H,26,28). The van der Waals surface area contributed by atoms with E-state index >= 15 is 0 Å². The Hall–Kier alpha value is -2.96. The van der Waals surface area contributed by atoms with E-state index in [4.69, 9.17) is 0 Å². The van der Waals surface area contributed by atoms with Crippen LogP contribution in [0.2, 0.25) is 0 Å². The molecule has 0 bridgehead atoms. The zero-order chi connectivity index (χ0) is 22.2. The Labute approximate surface area is 183 Å². The Morgan fingerprint density at radius 3 is 2.26 bits per heavy atom. The van der Waals surface area contributed by atoms with Gasteiger partial charge in [-0.1, -0.05) is 48.0 Å². The first kappa shape index (κ1) is 21.3. The molecule has 0 fully saturated rings. The first-order valence-corrected chi connectivity index (χ1v) is 11.7. The number of carbonyl (C=O) groups is 1. The van der Waals surface area contributed by atoms with Crippen molar-refractivity contribution in [3.63, 3.8) is 0 Å². The van der Waals surface area contributed by atoms with Crippen LogP contribution in [0.15, 0.2) is 71.6 Å². The summed E-state index contributed by atoms with van der Waals surface area (Å²) in [7, 11) is -3.85. The van der Waals surface area contributed by atoms with E-state index in [1.165, 1.54) is 4.31 Å². The largest absolute Gasteiger partial charge is 0.325 e. The van der Waals surface area contributed by atoms with E-state index in [0.29, 0.717) is 12.1 Å². The van der Waals surface area contributed by atoms with Gasteiger partial charge in [0.2, 0.25) is 15.9 Å². The molecule has 0 aromatic heterocycles. The van der Waals surface area contributed by atoms with E-state index in [9.17, 15) is 13.2 Å². The van der Waals surface area contributed by atoms with Gasteiger partial charge in [0, 0.05) is 12.2 Å². The molecule has 0 saturated carbocycles. The summed E-state index contributed by atoms with van der Waals surface area (Å²) in [6, 6.07) is 19.3. The Bertz CT molecular complexity index is 1230. The van der Waals surface area contributed by atoms with Crippen molar-refractivity contribution < 1.29 is 13.2 Å². The lowest BCUT2D eigenvalue weighted by Crippen LogP contribution is -2.50. The molecule has 1 heterocycles. The quantitative estimate of drug-likeness (QED) is 0.663. The van der Waals surface area contributed by atoms with Gasteiger partial charge in [-0.15, -0.1) is 0 Å². The number of sulfonamides is 1. The van der Waals surface area contributed by atoms with Crippen molar-refractivity contribution in [3.8, 4) is 0 Å². The topological polar surface area (TPSA) is 66.5 Å². The Balaban J connectivity index is 1.71. The number of benzene rings is 3. The van der Waals surface area contributed by atoms with Crippen LogP contribution in [0, 0.1) is 20.8 Å². The minimum atomic E-state index is -3.85. The molecule has 4 rings (SSSR count). The molecule has 160 valence electrons. The second-order valence-electron chi connectivity index (χ2n) is 8.14. The van der Waals surface area contributed by atoms with Crippen molar-refractivity contribution in [1.29, 1.82) is 0 Å². The van der Waals surface area contributed by atoms with E-state index in [2.05, 4.69) is 5.32 Å². The molecule has 3 aromatic rings. The van der Waals surface area contributed by atoms with Crippen molar-refractivity contribution >= 4 is 21.6 Å². The predicted octanol–water partition coefficient (Wildman–Crippen LogP) is 4.37. The normalized spacial score (nSPS) is 16.5. The zero-order valence-electron chi connectivity index (χ0n) is 17.9. The lowest BCUT2D eigenvalue weighted by molar-refractivity contribution is -0.120. The number of rotatable bonds is 4. The van der Waals surface area contributed by atoms with Gasteiger partial charge in [0.15, 0.2) is 0 Å². The number of nitrogens with zero attached hydrogens (tertiary/aromatic N) is 1. The highest BCUT2D eigenvalue weighted by Gasteiger charge is 2.39. The smallest absolute Gasteiger partial charge is 0.244 e. The van der Waals surface area contributed by atoms with Gasteiger partial charge in [0.05, 0.1) is 4.90 Å². The maximum atomic E-state index is 13.5. The van der Waals surface area contributed by atoms with Crippen LogP contribution in [0.5, 0.6) is 0 Å². The molecule has 6 heteroatoms. The van der Waals surface area contributed by atoms with Crippen LogP contribution in [-0.4, -0.2) is 24.7 Å². The monoisotopic (exact) mass is 434 g/mol. The number of amides is 1. The summed E-state index contributed by atoms with van der Waals surface area (Å²) in [4.78, 5) is 13.5. The minimum absolute atomic E-state index is 0.164. The van der Waals surface area contributed by atoms with Crippen molar-refractivity contribution in [1.82, 2.24) is 4.31 Å². The van der Waals surface area contributed by atoms with Gasteiger partial charge >= 0.3 is 0 Å². The molecule has 1 amide bonds. The fourth-order valence-corrected chi connectivity index (χ4v) is 5.43. The van der Waals surface area contributed by atoms with E-state index < -0.39 is 16.1 Å². The Morgan fingerprint density at radius 2 is 1.58 bits per heavy atom. The van der Waals surface area contributed by atoms with E-state index in [-0.39, 0.29) is 17.3 Å². The predicted molar refractivity (Wildman–Crippen MR) is 122 cm³/mol. The van der Waals surface area contributed by atoms with Crippen LogP contribution in [0.1, 0.15) is 27.8 Å². The Kier molecular flexibility index (Phi) is 5.69. The molecule has 0 radical (unpaired) electrons. The van der Waals surface area contributed by atoms with Gasteiger partial charge in [0.25, 0.3) is 0 Å². The maximum absolute atomic E-state index is 13.5. The third kappa shape index (κ3) is 4.27. The highest BCUT2D eigenvalue weighted by Crippen LogP contribution is 2.30. The van der Waals surface area contributed by atoms with Crippen LogP contribution < -0.4 is 5.32 Å². The molecule has 31 heavy (non-hydrogen) atoms. The summed E-state index contributed by atoms with van der Waals surface area (Å²) in [6.07, 6.45) is 0.331. The van der Waals surface area contributed by atoms with Gasteiger partial charge in [0.1, 0.15) is 6.04 Å². The molecule has 1 aliphatic rings. The van der Waals surface area contributed by atoms with E-state index in [1.807, 2.05) is 63.2 Å². The molecular formula is C25H26N2O3S. The summed E-state index contributed by atoms with van der Waals surface area (Å²) in [5.74, 6) is -0.326. The second-order valence-corrected chi connectivity index (χ2v) is 10.0. The van der Waals surface area contributed by atoms with Gasteiger partial charge < -0.3 is 5.32 Å². The van der Waals surface area contributed by atoms with Crippen LogP contribution in [0.3, 0.4) is 0 Å². The third-order valence-corrected chi connectivity index (χ3v) is 7.78. The summed E-state index contributed by atoms with van der Waals surface area (Å²) in [5, 5.41) is 2.93. The summed E-state index contributed by atoms with van der Waals surface area (Å²) in [6.45, 7) is 6.07. The van der Waals surface area contributed by atoms with Gasteiger partial charge in [-0.05, 0) is 73.7 Å². The number of hydrogen-bond acceptors (Lipinski definition) is 3. The minimum Gasteiger partial charge on any atom is -0.325 e. The second kappa shape index (κ2) is 8.29. The molecule has 0 spiro atoms. The highest BCUT2D eigenvalue weighted by atomic mass is 32.2. The number of aryl methyl sites for hydroxylation is 3. The molecule has 1 aliphatic heterocycles. The number of fused-ring (bicyclic) bond motifs is 1. The first-order chi connectivity index (χ1) is 14.8. The average molecular weight is 435 g/mol. The molecule has 5 nitrogen and oxygen atoms in total. The summed E-state index contributed by atoms with van der Waals surface area (Å²) in [5.41, 5.74) is 5.77. The highest BCUT2D eigenvalue weighted by molar-refractivity contribution is 7.89. The summed E-state index contributed by atoms with van der Waals surface area (Å²) < 4.78 is 28.4. The summed E-state index contributed by atoms with van der Waals surface area (Å²) >= 11 is 0. The SMILES string of the molecule is Cc1ccc(S(=O)(=O)N2Cc3ccccc3CC2C(=O)Nc2ccc(C)c(C)c2)cc1. The van der Waals surface area contributed by atoms with Crippen molar-refractivity contribution in [2.75, 3.05) is 5.32 Å². The molecule has 0 saturated heterocycles. The lowest BCUT2D eigenvalue weighted by Gasteiger charge is -2.35. The molecule has 3 aromatic carbocycles. The molecule has 0 aliphatic carbocycles. The zero-order valence-corrected chi connectivity index (χ0v) is 18.7. The van der Waals surface area contributed by atoms with Crippen LogP contribution in [0.25, 0.3) is 0 Å². The van der Waals surface area contributed by atoms with Crippen LogP contribution >= 0.6 is 0 Å². The molecule has 1 atom stereocenters. The van der Waals surface area contributed by atoms with E-state index in [0.717, 1.165) is 27.8 Å². The number of nitrogens with one attached hydrogen (secondary N) is 1. The van der Waals surface area contributed by atoms with Gasteiger partial charge in [-0.3, -0.25) is 4.79 Å². The Morgan fingerprint density at radius 1 is 0.903 bits per heavy atom. The molecule has 1 unspecified atom stereocenters. The first-order valence-electron chi connectivity index (χ1n) is 10.3. The van der Waals surface area contributed by atoms with E-state index in [1.54, 1.807) is 24.3 Å². The fourth-order valence-electron chi connectivity index (χ4n) is 3.87. The number of carbonyl (C=O) groups excluding carboxylic acids is 1. The van der Waals surface area contributed by atoms with Crippen LogP contribution in [-0.2, 0) is 27.8 Å². The average Bonchev–Trinajstić information content (AvgIpc) is 2.75. The van der Waals surface area contributed by atoms with Crippen molar-refractivity contribution in [3.05, 3.63) is 94.5 Å². The molecule has 1 N–H and O–H groups in total. The van der Waals surface area contributed by atoms with Gasteiger partial charge in [-0.25, -0.2) is 8.42 Å². The maximum Gasteiger partial charge on any atom is 0.244 e. The van der Waals surface area contributed by atoms with Gasteiger partial charge in [-0.2, -0.15) is 4.31 Å². The molecular weight excluding hydrogens is 408 g/mol. The van der Waals surface area contributed by atoms with Crippen molar-refractivity contribution in [2.45, 2.75) is 44.7 Å². The van der Waals surface area contributed by atoms with Crippen LogP contribution in [0.4, 0.5) is 5.69 Å². The van der Waals surface area contributed by atoms with Crippen molar-refractivity contribution in [2.24, 2.45) is 0 Å². The fraction of sp³-hybridized carbons (Fsp3) is 0.240. The number of hydrogen-bond donors (Lipinski definition) is 1.